The first-order chi connectivity index (χ1) is 7.04. The zero-order valence-corrected chi connectivity index (χ0v) is 9.91. The number of carboxylic acid groups (broad SMARTS) is 1. The molecule has 3 heteroatoms. The number of rotatable bonds is 9. The van der Waals surface area contributed by atoms with Crippen LogP contribution in [0.15, 0.2) is 0 Å². The molecule has 0 radical (unpaired) electrons. The lowest BCUT2D eigenvalue weighted by Crippen LogP contribution is -2.08. The highest BCUT2D eigenvalue weighted by molar-refractivity contribution is 5.69. The predicted octanol–water partition coefficient (Wildman–Crippen LogP) is 2.82. The first-order valence-electron chi connectivity index (χ1n) is 5.95. The van der Waals surface area contributed by atoms with Crippen LogP contribution in [-0.2, 0) is 4.79 Å². The molecule has 0 aliphatic rings. The Morgan fingerprint density at radius 1 is 1.00 bits per heavy atom. The Morgan fingerprint density at radius 2 is 1.47 bits per heavy atom. The molecule has 0 aromatic rings. The maximum Gasteiger partial charge on any atom is 0.306 e. The molecular formula is C12H24O3. The second-order valence-corrected chi connectivity index (χ2v) is 4.43. The first kappa shape index (κ1) is 14.4. The minimum atomic E-state index is -0.691. The largest absolute Gasteiger partial charge is 0.481 e. The summed E-state index contributed by atoms with van der Waals surface area (Å²) in [5, 5.41) is 17.7. The second kappa shape index (κ2) is 8.72. The quantitative estimate of drug-likeness (QED) is 0.583. The molecule has 0 fully saturated rings. The fraction of sp³-hybridized carbons (Fsp3) is 0.917. The van der Waals surface area contributed by atoms with E-state index in [1.54, 1.807) is 6.92 Å². The Hall–Kier alpha value is -0.570. The van der Waals surface area contributed by atoms with Gasteiger partial charge in [0.1, 0.15) is 0 Å². The van der Waals surface area contributed by atoms with E-state index in [1.165, 1.54) is 0 Å². The van der Waals surface area contributed by atoms with Gasteiger partial charge in [0, 0.05) is 0 Å². The van der Waals surface area contributed by atoms with E-state index >= 15 is 0 Å². The fourth-order valence-corrected chi connectivity index (χ4v) is 1.54. The summed E-state index contributed by atoms with van der Waals surface area (Å²) in [7, 11) is 0. The highest BCUT2D eigenvalue weighted by Crippen LogP contribution is 2.12. The zero-order chi connectivity index (χ0) is 11.7. The summed E-state index contributed by atoms with van der Waals surface area (Å²) in [6, 6.07) is 0. The van der Waals surface area contributed by atoms with Gasteiger partial charge in [-0.2, -0.15) is 0 Å². The highest BCUT2D eigenvalue weighted by Gasteiger charge is 2.09. The van der Waals surface area contributed by atoms with Gasteiger partial charge in [-0.15, -0.1) is 0 Å². The van der Waals surface area contributed by atoms with Gasteiger partial charge >= 0.3 is 5.97 Å². The SMILES string of the molecule is CC(O)CCCCCCCC(C)C(=O)O. The smallest absolute Gasteiger partial charge is 0.306 e. The van der Waals surface area contributed by atoms with Crippen molar-refractivity contribution in [3.63, 3.8) is 0 Å². The van der Waals surface area contributed by atoms with Gasteiger partial charge < -0.3 is 10.2 Å². The Labute approximate surface area is 92.5 Å². The van der Waals surface area contributed by atoms with Gasteiger partial charge in [-0.3, -0.25) is 4.79 Å². The van der Waals surface area contributed by atoms with E-state index < -0.39 is 5.97 Å². The molecule has 0 saturated heterocycles. The molecule has 90 valence electrons. The first-order valence-corrected chi connectivity index (χ1v) is 5.95. The van der Waals surface area contributed by atoms with Crippen molar-refractivity contribution in [2.75, 3.05) is 0 Å². The van der Waals surface area contributed by atoms with Crippen LogP contribution in [0.4, 0.5) is 0 Å². The summed E-state index contributed by atoms with van der Waals surface area (Å²) < 4.78 is 0. The highest BCUT2D eigenvalue weighted by atomic mass is 16.4. The van der Waals surface area contributed by atoms with Gasteiger partial charge in [-0.05, 0) is 19.8 Å². The third kappa shape index (κ3) is 9.73. The number of unbranched alkanes of at least 4 members (excludes halogenated alkanes) is 4. The molecule has 0 heterocycles. The molecule has 0 spiro atoms. The van der Waals surface area contributed by atoms with E-state index in [0.717, 1.165) is 44.9 Å². The van der Waals surface area contributed by atoms with Crippen LogP contribution in [0.2, 0.25) is 0 Å². The molecule has 0 aromatic carbocycles. The third-order valence-corrected chi connectivity index (χ3v) is 2.68. The van der Waals surface area contributed by atoms with Gasteiger partial charge in [-0.1, -0.05) is 39.0 Å². The molecule has 2 atom stereocenters. The van der Waals surface area contributed by atoms with Crippen molar-refractivity contribution in [2.45, 2.75) is 64.9 Å². The molecule has 2 unspecified atom stereocenters. The van der Waals surface area contributed by atoms with Crippen LogP contribution in [-0.4, -0.2) is 22.3 Å². The van der Waals surface area contributed by atoms with Crippen LogP contribution in [0, 0.1) is 5.92 Å². The number of carboxylic acids is 1. The van der Waals surface area contributed by atoms with Crippen molar-refractivity contribution in [2.24, 2.45) is 5.92 Å². The van der Waals surface area contributed by atoms with Crippen LogP contribution >= 0.6 is 0 Å². The van der Waals surface area contributed by atoms with Gasteiger partial charge in [0.15, 0.2) is 0 Å². The maximum absolute atomic E-state index is 10.5. The van der Waals surface area contributed by atoms with Crippen molar-refractivity contribution >= 4 is 5.97 Å². The zero-order valence-electron chi connectivity index (χ0n) is 9.91. The van der Waals surface area contributed by atoms with E-state index in [1.807, 2.05) is 6.92 Å². The maximum atomic E-state index is 10.5. The molecular weight excluding hydrogens is 192 g/mol. The van der Waals surface area contributed by atoms with Gasteiger partial charge in [0.2, 0.25) is 0 Å². The van der Waals surface area contributed by atoms with Gasteiger partial charge in [0.25, 0.3) is 0 Å². The minimum Gasteiger partial charge on any atom is -0.481 e. The number of hydrogen-bond donors (Lipinski definition) is 2. The lowest BCUT2D eigenvalue weighted by Gasteiger charge is -2.06. The van der Waals surface area contributed by atoms with Crippen LogP contribution in [0.25, 0.3) is 0 Å². The summed E-state index contributed by atoms with van der Waals surface area (Å²) in [4.78, 5) is 10.5. The van der Waals surface area contributed by atoms with Crippen LogP contribution in [0.3, 0.4) is 0 Å². The van der Waals surface area contributed by atoms with E-state index in [-0.39, 0.29) is 12.0 Å². The number of aliphatic carboxylic acids is 1. The van der Waals surface area contributed by atoms with E-state index in [4.69, 9.17) is 10.2 Å². The minimum absolute atomic E-state index is 0.183. The molecule has 0 saturated carbocycles. The molecule has 0 bridgehead atoms. The Bertz CT molecular complexity index is 166. The number of hydrogen-bond acceptors (Lipinski definition) is 2. The fourth-order valence-electron chi connectivity index (χ4n) is 1.54. The summed E-state index contributed by atoms with van der Waals surface area (Å²) in [6.07, 6.45) is 6.96. The molecule has 15 heavy (non-hydrogen) atoms. The van der Waals surface area contributed by atoms with Crippen molar-refractivity contribution < 1.29 is 15.0 Å². The molecule has 0 aromatic heterocycles. The van der Waals surface area contributed by atoms with Crippen molar-refractivity contribution in [1.82, 2.24) is 0 Å². The van der Waals surface area contributed by atoms with E-state index in [2.05, 4.69) is 0 Å². The van der Waals surface area contributed by atoms with Crippen molar-refractivity contribution in [3.05, 3.63) is 0 Å². The molecule has 0 amide bonds. The van der Waals surface area contributed by atoms with Gasteiger partial charge in [0.05, 0.1) is 12.0 Å². The molecule has 0 aliphatic heterocycles. The normalized spacial score (nSPS) is 14.9. The standard InChI is InChI=1S/C12H24O3/c1-10(12(14)15)8-6-4-3-5-7-9-11(2)13/h10-11,13H,3-9H2,1-2H3,(H,14,15). The summed E-state index contributed by atoms with van der Waals surface area (Å²) in [5.41, 5.74) is 0. The van der Waals surface area contributed by atoms with E-state index in [0.29, 0.717) is 0 Å². The second-order valence-electron chi connectivity index (χ2n) is 4.43. The number of aliphatic hydroxyl groups excluding tert-OH is 1. The third-order valence-electron chi connectivity index (χ3n) is 2.68. The Kier molecular flexibility index (Phi) is 8.38. The lowest BCUT2D eigenvalue weighted by atomic mass is 10.0. The summed E-state index contributed by atoms with van der Waals surface area (Å²) in [6.45, 7) is 3.57. The van der Waals surface area contributed by atoms with Crippen molar-refractivity contribution in [1.29, 1.82) is 0 Å². The van der Waals surface area contributed by atoms with Crippen molar-refractivity contribution in [3.8, 4) is 0 Å². The average Bonchev–Trinajstić information content (AvgIpc) is 2.15. The van der Waals surface area contributed by atoms with Gasteiger partial charge in [-0.25, -0.2) is 0 Å². The molecule has 2 N–H and O–H groups in total. The summed E-state index contributed by atoms with van der Waals surface area (Å²) >= 11 is 0. The predicted molar refractivity (Wildman–Crippen MR) is 60.8 cm³/mol. The van der Waals surface area contributed by atoms with Crippen LogP contribution < -0.4 is 0 Å². The molecule has 3 nitrogen and oxygen atoms in total. The number of carbonyl (C=O) groups is 1. The Morgan fingerprint density at radius 3 is 1.93 bits per heavy atom. The van der Waals surface area contributed by atoms with Crippen LogP contribution in [0.5, 0.6) is 0 Å². The van der Waals surface area contributed by atoms with Crippen LogP contribution in [0.1, 0.15) is 58.8 Å². The lowest BCUT2D eigenvalue weighted by molar-refractivity contribution is -0.141. The Balaban J connectivity index is 3.15. The number of aliphatic hydroxyl groups is 1. The molecule has 0 rings (SSSR count). The topological polar surface area (TPSA) is 57.5 Å². The monoisotopic (exact) mass is 216 g/mol. The van der Waals surface area contributed by atoms with E-state index in [9.17, 15) is 4.79 Å². The molecule has 0 aliphatic carbocycles. The summed E-state index contributed by atoms with van der Waals surface area (Å²) in [5.74, 6) is -0.897. The average molecular weight is 216 g/mol.